The van der Waals surface area contributed by atoms with Crippen LogP contribution in [0.3, 0.4) is 0 Å². The molecule has 0 aliphatic rings. The normalized spacial score (nSPS) is 10.1. The molecule has 0 radical (unpaired) electrons. The third-order valence-corrected chi connectivity index (χ3v) is 3.01. The van der Waals surface area contributed by atoms with Crippen LogP contribution >= 0.6 is 11.6 Å². The Morgan fingerprint density at radius 2 is 1.56 bits per heavy atom. The van der Waals surface area contributed by atoms with Crippen molar-refractivity contribution in [3.63, 3.8) is 0 Å². The number of anilines is 2. The minimum atomic E-state index is 0.763. The van der Waals surface area contributed by atoms with Gasteiger partial charge in [-0.1, -0.05) is 29.8 Å². The minimum Gasteiger partial charge on any atom is -0.383 e. The number of nitrogens with one attached hydrogen (secondary N) is 2. The zero-order valence-corrected chi connectivity index (χ0v) is 11.2. The molecule has 2 N–H and O–H groups in total. The summed E-state index contributed by atoms with van der Waals surface area (Å²) >= 11 is 5.83. The molecular formula is C15H17ClN2. The van der Waals surface area contributed by atoms with Gasteiger partial charge in [-0.15, -0.1) is 0 Å². The fourth-order valence-corrected chi connectivity index (χ4v) is 1.87. The number of aryl methyl sites for hydroxylation is 1. The van der Waals surface area contributed by atoms with Crippen molar-refractivity contribution in [2.24, 2.45) is 0 Å². The van der Waals surface area contributed by atoms with Gasteiger partial charge in [0.1, 0.15) is 0 Å². The molecule has 0 saturated heterocycles. The number of benzene rings is 2. The van der Waals surface area contributed by atoms with Crippen LogP contribution in [0.5, 0.6) is 0 Å². The minimum absolute atomic E-state index is 0.763. The van der Waals surface area contributed by atoms with Gasteiger partial charge in [0.25, 0.3) is 0 Å². The zero-order valence-electron chi connectivity index (χ0n) is 10.4. The summed E-state index contributed by atoms with van der Waals surface area (Å²) in [6, 6.07) is 16.0. The first-order valence-electron chi connectivity index (χ1n) is 6.04. The lowest BCUT2D eigenvalue weighted by Crippen LogP contribution is -2.14. The van der Waals surface area contributed by atoms with Gasteiger partial charge in [-0.3, -0.25) is 0 Å². The molecule has 0 aliphatic heterocycles. The molecule has 0 amide bonds. The van der Waals surface area contributed by atoms with Gasteiger partial charge in [0.15, 0.2) is 0 Å². The lowest BCUT2D eigenvalue weighted by atomic mass is 10.2. The van der Waals surface area contributed by atoms with Gasteiger partial charge < -0.3 is 10.6 Å². The van der Waals surface area contributed by atoms with E-state index < -0.39 is 0 Å². The summed E-state index contributed by atoms with van der Waals surface area (Å²) in [5, 5.41) is 7.51. The maximum atomic E-state index is 5.83. The molecular weight excluding hydrogens is 244 g/mol. The predicted molar refractivity (Wildman–Crippen MR) is 79.6 cm³/mol. The van der Waals surface area contributed by atoms with E-state index in [1.54, 1.807) is 0 Å². The SMILES string of the molecule is Cc1ccccc1NCCNc1ccc(Cl)cc1. The number of hydrogen-bond donors (Lipinski definition) is 2. The van der Waals surface area contributed by atoms with Gasteiger partial charge in [-0.25, -0.2) is 0 Å². The Morgan fingerprint density at radius 1 is 0.889 bits per heavy atom. The van der Waals surface area contributed by atoms with Crippen molar-refractivity contribution in [1.29, 1.82) is 0 Å². The Morgan fingerprint density at radius 3 is 2.28 bits per heavy atom. The topological polar surface area (TPSA) is 24.1 Å². The smallest absolute Gasteiger partial charge is 0.0407 e. The maximum absolute atomic E-state index is 5.83. The summed E-state index contributed by atoms with van der Waals surface area (Å²) in [6.07, 6.45) is 0. The van der Waals surface area contributed by atoms with Gasteiger partial charge in [0.05, 0.1) is 0 Å². The first-order chi connectivity index (χ1) is 8.75. The number of halogens is 1. The van der Waals surface area contributed by atoms with Crippen molar-refractivity contribution < 1.29 is 0 Å². The van der Waals surface area contributed by atoms with Gasteiger partial charge in [-0.2, -0.15) is 0 Å². The predicted octanol–water partition coefficient (Wildman–Crippen LogP) is 4.17. The van der Waals surface area contributed by atoms with Crippen molar-refractivity contribution >= 4 is 23.0 Å². The van der Waals surface area contributed by atoms with Crippen LogP contribution in [0.25, 0.3) is 0 Å². The van der Waals surface area contributed by atoms with Gasteiger partial charge >= 0.3 is 0 Å². The van der Waals surface area contributed by atoms with E-state index in [2.05, 4.69) is 29.7 Å². The highest BCUT2D eigenvalue weighted by molar-refractivity contribution is 6.30. The average Bonchev–Trinajstić information content (AvgIpc) is 2.39. The Labute approximate surface area is 113 Å². The summed E-state index contributed by atoms with van der Waals surface area (Å²) in [4.78, 5) is 0. The molecule has 0 unspecified atom stereocenters. The largest absolute Gasteiger partial charge is 0.383 e. The second kappa shape index (κ2) is 6.31. The molecule has 0 aliphatic carbocycles. The van der Waals surface area contributed by atoms with Crippen molar-refractivity contribution in [3.05, 3.63) is 59.1 Å². The Balaban J connectivity index is 1.76. The average molecular weight is 261 g/mol. The second-order valence-electron chi connectivity index (χ2n) is 4.18. The summed E-state index contributed by atoms with van der Waals surface area (Å²) in [5.74, 6) is 0. The van der Waals surface area contributed by atoms with E-state index >= 15 is 0 Å². The molecule has 0 saturated carbocycles. The van der Waals surface area contributed by atoms with Crippen molar-refractivity contribution in [2.75, 3.05) is 23.7 Å². The second-order valence-corrected chi connectivity index (χ2v) is 4.61. The van der Waals surface area contributed by atoms with Crippen LogP contribution in [-0.4, -0.2) is 13.1 Å². The van der Waals surface area contributed by atoms with Crippen LogP contribution in [0.4, 0.5) is 11.4 Å². The lowest BCUT2D eigenvalue weighted by molar-refractivity contribution is 1.07. The first-order valence-corrected chi connectivity index (χ1v) is 6.42. The fourth-order valence-electron chi connectivity index (χ4n) is 1.74. The molecule has 3 heteroatoms. The van der Waals surface area contributed by atoms with E-state index in [1.807, 2.05) is 36.4 Å². The highest BCUT2D eigenvalue weighted by Gasteiger charge is 1.95. The molecule has 94 valence electrons. The first kappa shape index (κ1) is 12.8. The van der Waals surface area contributed by atoms with Gasteiger partial charge in [0.2, 0.25) is 0 Å². The molecule has 2 aromatic rings. The van der Waals surface area contributed by atoms with E-state index in [9.17, 15) is 0 Å². The van der Waals surface area contributed by atoms with Gasteiger partial charge in [0, 0.05) is 29.5 Å². The summed E-state index contributed by atoms with van der Waals surface area (Å²) in [7, 11) is 0. The number of rotatable bonds is 5. The Kier molecular flexibility index (Phi) is 4.48. The Hall–Kier alpha value is -1.67. The van der Waals surface area contributed by atoms with Crippen LogP contribution in [0.1, 0.15) is 5.56 Å². The highest BCUT2D eigenvalue weighted by Crippen LogP contribution is 2.14. The van der Waals surface area contributed by atoms with E-state index in [4.69, 9.17) is 11.6 Å². The molecule has 2 aromatic carbocycles. The van der Waals surface area contributed by atoms with Crippen LogP contribution in [-0.2, 0) is 0 Å². The molecule has 0 fully saturated rings. The molecule has 0 heterocycles. The third kappa shape index (κ3) is 3.67. The molecule has 2 rings (SSSR count). The molecule has 2 nitrogen and oxygen atoms in total. The Bertz CT molecular complexity index is 494. The lowest BCUT2D eigenvalue weighted by Gasteiger charge is -2.10. The summed E-state index contributed by atoms with van der Waals surface area (Å²) in [6.45, 7) is 3.86. The standard InChI is InChI=1S/C15H17ClN2/c1-12-4-2-3-5-15(12)18-11-10-17-14-8-6-13(16)7-9-14/h2-9,17-18H,10-11H2,1H3. The number of para-hydroxylation sites is 1. The van der Waals surface area contributed by atoms with Crippen LogP contribution in [0.2, 0.25) is 5.02 Å². The zero-order chi connectivity index (χ0) is 12.8. The van der Waals surface area contributed by atoms with Crippen molar-refractivity contribution in [2.45, 2.75) is 6.92 Å². The third-order valence-electron chi connectivity index (χ3n) is 2.76. The van der Waals surface area contributed by atoms with Gasteiger partial charge in [-0.05, 0) is 42.8 Å². The monoisotopic (exact) mass is 260 g/mol. The highest BCUT2D eigenvalue weighted by atomic mass is 35.5. The summed E-state index contributed by atoms with van der Waals surface area (Å²) < 4.78 is 0. The van der Waals surface area contributed by atoms with E-state index in [-0.39, 0.29) is 0 Å². The van der Waals surface area contributed by atoms with Crippen LogP contribution in [0.15, 0.2) is 48.5 Å². The molecule has 0 bridgehead atoms. The molecule has 0 aromatic heterocycles. The van der Waals surface area contributed by atoms with Crippen LogP contribution < -0.4 is 10.6 Å². The van der Waals surface area contributed by atoms with E-state index in [0.29, 0.717) is 0 Å². The molecule has 18 heavy (non-hydrogen) atoms. The number of hydrogen-bond acceptors (Lipinski definition) is 2. The van der Waals surface area contributed by atoms with E-state index in [1.165, 1.54) is 11.3 Å². The van der Waals surface area contributed by atoms with Crippen molar-refractivity contribution in [3.8, 4) is 0 Å². The quantitative estimate of drug-likeness (QED) is 0.789. The van der Waals surface area contributed by atoms with Crippen LogP contribution in [0, 0.1) is 6.92 Å². The molecule has 0 spiro atoms. The molecule has 0 atom stereocenters. The summed E-state index contributed by atoms with van der Waals surface area (Å²) in [5.41, 5.74) is 3.55. The maximum Gasteiger partial charge on any atom is 0.0407 e. The fraction of sp³-hybridized carbons (Fsp3) is 0.200. The van der Waals surface area contributed by atoms with Crippen molar-refractivity contribution in [1.82, 2.24) is 0 Å². The van der Waals surface area contributed by atoms with E-state index in [0.717, 1.165) is 23.8 Å².